The number of likely N-dealkylation sites (tertiary alicyclic amines) is 1. The van der Waals surface area contributed by atoms with Crippen molar-refractivity contribution in [2.24, 2.45) is 5.92 Å². The molecule has 20 heavy (non-hydrogen) atoms. The van der Waals surface area contributed by atoms with Gasteiger partial charge in [-0.05, 0) is 12.3 Å². The van der Waals surface area contributed by atoms with E-state index in [1.807, 2.05) is 0 Å². The molecule has 0 bridgehead atoms. The van der Waals surface area contributed by atoms with Crippen LogP contribution in [-0.4, -0.2) is 42.1 Å². The van der Waals surface area contributed by atoms with E-state index in [1.165, 1.54) is 12.8 Å². The molecule has 3 unspecified atom stereocenters. The van der Waals surface area contributed by atoms with E-state index in [9.17, 15) is 9.59 Å². The number of ether oxygens (including phenoxy) is 1. The van der Waals surface area contributed by atoms with Crippen LogP contribution in [-0.2, 0) is 14.3 Å². The van der Waals surface area contributed by atoms with Crippen molar-refractivity contribution in [3.05, 3.63) is 0 Å². The number of nitrogens with zero attached hydrogens (tertiary/aromatic N) is 1. The summed E-state index contributed by atoms with van der Waals surface area (Å²) in [4.78, 5) is 25.3. The Bertz CT molecular complexity index is 359. The number of carbonyl (C=O) groups is 2. The number of hydrogen-bond donors (Lipinski definition) is 1. The average Bonchev–Trinajstić information content (AvgIpc) is 3.19. The zero-order valence-electron chi connectivity index (χ0n) is 12.6. The third kappa shape index (κ3) is 3.95. The predicted octanol–water partition coefficient (Wildman–Crippen LogP) is 1.67. The van der Waals surface area contributed by atoms with E-state index in [0.29, 0.717) is 31.8 Å². The lowest BCUT2D eigenvalue weighted by atomic mass is 9.98. The normalized spacial score (nSPS) is 28.2. The Hall–Kier alpha value is -1.10. The largest absolute Gasteiger partial charge is 0.354 e. The molecule has 0 aliphatic carbocycles. The van der Waals surface area contributed by atoms with Gasteiger partial charge in [-0.15, -0.1) is 0 Å². The third-order valence-electron chi connectivity index (χ3n) is 4.12. The van der Waals surface area contributed by atoms with Gasteiger partial charge < -0.3 is 15.0 Å². The summed E-state index contributed by atoms with van der Waals surface area (Å²) in [6.07, 6.45) is 5.77. The minimum Gasteiger partial charge on any atom is -0.354 e. The second-order valence-corrected chi connectivity index (χ2v) is 5.92. The molecule has 2 amide bonds. The summed E-state index contributed by atoms with van der Waals surface area (Å²) < 4.78 is 5.51. The summed E-state index contributed by atoms with van der Waals surface area (Å²) in [5.41, 5.74) is 0. The van der Waals surface area contributed by atoms with E-state index >= 15 is 0 Å². The van der Waals surface area contributed by atoms with E-state index in [1.54, 1.807) is 4.90 Å². The Morgan fingerprint density at radius 3 is 2.95 bits per heavy atom. The number of carbonyl (C=O) groups excluding carboxylic acids is 2. The lowest BCUT2D eigenvalue weighted by Gasteiger charge is -2.26. The zero-order chi connectivity index (χ0) is 14.5. The SMILES string of the molecule is CCCCCCC(=O)NCCN1C(=O)CC(C)C2OC21. The summed E-state index contributed by atoms with van der Waals surface area (Å²) in [6.45, 7) is 5.30. The first-order valence-corrected chi connectivity index (χ1v) is 7.85. The molecule has 0 aromatic rings. The molecule has 114 valence electrons. The van der Waals surface area contributed by atoms with Gasteiger partial charge in [-0.1, -0.05) is 33.1 Å². The van der Waals surface area contributed by atoms with Crippen molar-refractivity contribution < 1.29 is 14.3 Å². The van der Waals surface area contributed by atoms with E-state index in [2.05, 4.69) is 19.2 Å². The van der Waals surface area contributed by atoms with Crippen molar-refractivity contribution in [1.82, 2.24) is 10.2 Å². The Labute approximate surface area is 121 Å². The molecule has 2 fully saturated rings. The Morgan fingerprint density at radius 2 is 2.20 bits per heavy atom. The fraction of sp³-hybridized carbons (Fsp3) is 0.867. The molecule has 3 atom stereocenters. The van der Waals surface area contributed by atoms with Gasteiger partial charge in [0.25, 0.3) is 0 Å². The minimum atomic E-state index is -0.0345. The number of epoxide rings is 1. The number of rotatable bonds is 8. The molecule has 2 aliphatic rings. The maximum absolute atomic E-state index is 11.9. The standard InChI is InChI=1S/C15H26N2O3/c1-3-4-5-6-7-12(18)16-8-9-17-13(19)10-11(2)14-15(17)20-14/h11,14-15H,3-10H2,1-2H3,(H,16,18). The number of piperidine rings is 1. The molecule has 0 radical (unpaired) electrons. The first-order valence-electron chi connectivity index (χ1n) is 7.85. The summed E-state index contributed by atoms with van der Waals surface area (Å²) in [5, 5.41) is 2.89. The lowest BCUT2D eigenvalue weighted by molar-refractivity contribution is -0.135. The molecule has 5 heteroatoms. The molecule has 2 saturated heterocycles. The predicted molar refractivity (Wildman–Crippen MR) is 75.9 cm³/mol. The van der Waals surface area contributed by atoms with Gasteiger partial charge in [0.15, 0.2) is 6.23 Å². The fourth-order valence-corrected chi connectivity index (χ4v) is 2.80. The smallest absolute Gasteiger partial charge is 0.225 e. The molecular formula is C15H26N2O3. The van der Waals surface area contributed by atoms with Crippen LogP contribution in [0.25, 0.3) is 0 Å². The third-order valence-corrected chi connectivity index (χ3v) is 4.12. The number of fused-ring (bicyclic) bond motifs is 1. The maximum Gasteiger partial charge on any atom is 0.225 e. The van der Waals surface area contributed by atoms with Gasteiger partial charge in [0.1, 0.15) is 6.10 Å². The highest BCUT2D eigenvalue weighted by Gasteiger charge is 2.52. The van der Waals surface area contributed by atoms with Gasteiger partial charge in [0.2, 0.25) is 11.8 Å². The summed E-state index contributed by atoms with van der Waals surface area (Å²) in [6, 6.07) is 0. The maximum atomic E-state index is 11.9. The van der Waals surface area contributed by atoms with Gasteiger partial charge in [-0.2, -0.15) is 0 Å². The Balaban J connectivity index is 1.59. The van der Waals surface area contributed by atoms with Crippen molar-refractivity contribution >= 4 is 11.8 Å². The highest BCUT2D eigenvalue weighted by atomic mass is 16.6. The van der Waals surface area contributed by atoms with Crippen molar-refractivity contribution in [1.29, 1.82) is 0 Å². The second-order valence-electron chi connectivity index (χ2n) is 5.92. The molecule has 5 nitrogen and oxygen atoms in total. The Kier molecular flexibility index (Phi) is 5.40. The molecule has 2 aliphatic heterocycles. The first-order chi connectivity index (χ1) is 9.63. The Morgan fingerprint density at radius 1 is 1.40 bits per heavy atom. The zero-order valence-corrected chi connectivity index (χ0v) is 12.6. The van der Waals surface area contributed by atoms with E-state index in [4.69, 9.17) is 4.74 Å². The molecular weight excluding hydrogens is 256 g/mol. The topological polar surface area (TPSA) is 61.9 Å². The number of hydrogen-bond acceptors (Lipinski definition) is 3. The van der Waals surface area contributed by atoms with E-state index < -0.39 is 0 Å². The molecule has 0 aromatic heterocycles. The summed E-state index contributed by atoms with van der Waals surface area (Å²) in [5.74, 6) is 0.567. The van der Waals surface area contributed by atoms with Crippen LogP contribution in [0.1, 0.15) is 52.4 Å². The van der Waals surface area contributed by atoms with E-state index in [-0.39, 0.29) is 24.1 Å². The quantitative estimate of drug-likeness (QED) is 0.544. The van der Waals surface area contributed by atoms with E-state index in [0.717, 1.165) is 12.8 Å². The lowest BCUT2D eigenvalue weighted by Crippen LogP contribution is -2.45. The van der Waals surface area contributed by atoms with Crippen LogP contribution in [0.15, 0.2) is 0 Å². The number of unbranched alkanes of at least 4 members (excludes halogenated alkanes) is 3. The highest BCUT2D eigenvalue weighted by molar-refractivity contribution is 5.78. The van der Waals surface area contributed by atoms with Crippen LogP contribution in [0.4, 0.5) is 0 Å². The van der Waals surface area contributed by atoms with Crippen molar-refractivity contribution in [3.63, 3.8) is 0 Å². The molecule has 2 heterocycles. The van der Waals surface area contributed by atoms with Gasteiger partial charge in [0, 0.05) is 25.9 Å². The first kappa shape index (κ1) is 15.3. The molecule has 1 N–H and O–H groups in total. The molecule has 0 spiro atoms. The summed E-state index contributed by atoms with van der Waals surface area (Å²) >= 11 is 0. The van der Waals surface area contributed by atoms with Gasteiger partial charge in [-0.25, -0.2) is 0 Å². The van der Waals surface area contributed by atoms with Gasteiger partial charge in [0.05, 0.1) is 0 Å². The van der Waals surface area contributed by atoms with Crippen LogP contribution in [0, 0.1) is 5.92 Å². The van der Waals surface area contributed by atoms with Gasteiger partial charge >= 0.3 is 0 Å². The van der Waals surface area contributed by atoms with Crippen LogP contribution in [0.2, 0.25) is 0 Å². The monoisotopic (exact) mass is 282 g/mol. The van der Waals surface area contributed by atoms with Crippen LogP contribution < -0.4 is 5.32 Å². The van der Waals surface area contributed by atoms with Crippen molar-refractivity contribution in [3.8, 4) is 0 Å². The van der Waals surface area contributed by atoms with Crippen molar-refractivity contribution in [2.45, 2.75) is 64.7 Å². The fourth-order valence-electron chi connectivity index (χ4n) is 2.80. The molecule has 0 saturated carbocycles. The van der Waals surface area contributed by atoms with Crippen molar-refractivity contribution in [2.75, 3.05) is 13.1 Å². The van der Waals surface area contributed by atoms with Crippen LogP contribution in [0.3, 0.4) is 0 Å². The van der Waals surface area contributed by atoms with Gasteiger partial charge in [-0.3, -0.25) is 9.59 Å². The van der Waals surface area contributed by atoms with Crippen LogP contribution >= 0.6 is 0 Å². The minimum absolute atomic E-state index is 0.0345. The number of amides is 2. The number of nitrogens with one attached hydrogen (secondary N) is 1. The highest BCUT2D eigenvalue weighted by Crippen LogP contribution is 2.38. The average molecular weight is 282 g/mol. The second kappa shape index (κ2) is 7.07. The van der Waals surface area contributed by atoms with Crippen LogP contribution in [0.5, 0.6) is 0 Å². The summed E-state index contributed by atoms with van der Waals surface area (Å²) in [7, 11) is 0. The molecule has 2 rings (SSSR count). The molecule has 0 aromatic carbocycles.